The summed E-state index contributed by atoms with van der Waals surface area (Å²) in [7, 11) is 0. The van der Waals surface area contributed by atoms with Gasteiger partial charge in [0, 0.05) is 12.2 Å². The Labute approximate surface area is 93.7 Å². The third kappa shape index (κ3) is 2.29. The lowest BCUT2D eigenvalue weighted by atomic mass is 10.1. The SMILES string of the molecule is CCn1c(C(C)C)ccc(C(=O)Cl)c1=O. The predicted octanol–water partition coefficient (Wildman–Crippen LogP) is 2.37. The smallest absolute Gasteiger partial charge is 0.262 e. The van der Waals surface area contributed by atoms with Crippen molar-refractivity contribution in [3.05, 3.63) is 33.7 Å². The Morgan fingerprint density at radius 1 is 1.47 bits per heavy atom. The van der Waals surface area contributed by atoms with Crippen LogP contribution in [0.25, 0.3) is 0 Å². The minimum Gasteiger partial charge on any atom is -0.312 e. The maximum absolute atomic E-state index is 11.8. The van der Waals surface area contributed by atoms with E-state index in [-0.39, 0.29) is 17.0 Å². The molecule has 0 fully saturated rings. The van der Waals surface area contributed by atoms with Crippen molar-refractivity contribution < 1.29 is 4.79 Å². The molecule has 0 N–H and O–H groups in total. The van der Waals surface area contributed by atoms with Crippen LogP contribution in [-0.2, 0) is 6.54 Å². The quantitative estimate of drug-likeness (QED) is 0.744. The third-order valence-corrected chi connectivity index (χ3v) is 2.53. The number of rotatable bonds is 3. The van der Waals surface area contributed by atoms with Crippen LogP contribution in [0.5, 0.6) is 0 Å². The summed E-state index contributed by atoms with van der Waals surface area (Å²) in [6.07, 6.45) is 0. The monoisotopic (exact) mass is 227 g/mol. The van der Waals surface area contributed by atoms with Crippen LogP contribution in [0.4, 0.5) is 0 Å². The highest BCUT2D eigenvalue weighted by Crippen LogP contribution is 2.13. The van der Waals surface area contributed by atoms with Crippen molar-refractivity contribution in [2.75, 3.05) is 0 Å². The van der Waals surface area contributed by atoms with Crippen molar-refractivity contribution in [2.45, 2.75) is 33.2 Å². The summed E-state index contributed by atoms with van der Waals surface area (Å²) in [6.45, 7) is 6.42. The van der Waals surface area contributed by atoms with Crippen molar-refractivity contribution in [3.8, 4) is 0 Å². The number of pyridine rings is 1. The highest BCUT2D eigenvalue weighted by atomic mass is 35.5. The Morgan fingerprint density at radius 2 is 2.07 bits per heavy atom. The number of carbonyl (C=O) groups is 1. The predicted molar refractivity (Wildman–Crippen MR) is 60.6 cm³/mol. The topological polar surface area (TPSA) is 39.1 Å². The molecule has 0 spiro atoms. The van der Waals surface area contributed by atoms with Crippen molar-refractivity contribution in [3.63, 3.8) is 0 Å². The molecule has 0 unspecified atom stereocenters. The van der Waals surface area contributed by atoms with E-state index >= 15 is 0 Å². The number of hydrogen-bond donors (Lipinski definition) is 0. The second-order valence-corrected chi connectivity index (χ2v) is 3.99. The van der Waals surface area contributed by atoms with E-state index < -0.39 is 5.24 Å². The Morgan fingerprint density at radius 3 is 2.47 bits per heavy atom. The minimum absolute atomic E-state index is 0.0444. The number of halogens is 1. The summed E-state index contributed by atoms with van der Waals surface area (Å²) in [5, 5.41) is -0.697. The van der Waals surface area contributed by atoms with E-state index in [2.05, 4.69) is 0 Å². The molecule has 1 aromatic rings. The number of hydrogen-bond acceptors (Lipinski definition) is 2. The molecule has 0 aromatic carbocycles. The van der Waals surface area contributed by atoms with E-state index in [0.29, 0.717) is 6.54 Å². The minimum atomic E-state index is -0.697. The van der Waals surface area contributed by atoms with Gasteiger partial charge in [0.05, 0.1) is 5.56 Å². The molecule has 0 aliphatic heterocycles. The number of aromatic nitrogens is 1. The Balaban J connectivity index is 3.46. The summed E-state index contributed by atoms with van der Waals surface area (Å²) in [5.74, 6) is 0.247. The van der Waals surface area contributed by atoms with Gasteiger partial charge in [0.15, 0.2) is 0 Å². The van der Waals surface area contributed by atoms with Crippen LogP contribution < -0.4 is 5.56 Å². The second kappa shape index (κ2) is 4.62. The first-order chi connectivity index (χ1) is 6.99. The van der Waals surface area contributed by atoms with Gasteiger partial charge in [-0.1, -0.05) is 13.8 Å². The average Bonchev–Trinajstić information content (AvgIpc) is 2.16. The Kier molecular flexibility index (Phi) is 3.69. The molecule has 0 saturated heterocycles. The van der Waals surface area contributed by atoms with E-state index in [9.17, 15) is 9.59 Å². The van der Waals surface area contributed by atoms with Crippen LogP contribution in [-0.4, -0.2) is 9.81 Å². The van der Waals surface area contributed by atoms with Gasteiger partial charge < -0.3 is 4.57 Å². The molecule has 0 amide bonds. The zero-order valence-electron chi connectivity index (χ0n) is 9.08. The van der Waals surface area contributed by atoms with Gasteiger partial charge in [-0.15, -0.1) is 0 Å². The highest BCUT2D eigenvalue weighted by Gasteiger charge is 2.13. The molecule has 0 aliphatic rings. The number of nitrogens with zero attached hydrogens (tertiary/aromatic N) is 1. The van der Waals surface area contributed by atoms with Crippen molar-refractivity contribution in [1.29, 1.82) is 0 Å². The van der Waals surface area contributed by atoms with Gasteiger partial charge in [0.1, 0.15) is 0 Å². The van der Waals surface area contributed by atoms with E-state index in [0.717, 1.165) is 5.69 Å². The molecule has 1 aromatic heterocycles. The maximum Gasteiger partial charge on any atom is 0.262 e. The van der Waals surface area contributed by atoms with Gasteiger partial charge in [-0.05, 0) is 36.6 Å². The van der Waals surface area contributed by atoms with Crippen LogP contribution >= 0.6 is 11.6 Å². The summed E-state index contributed by atoms with van der Waals surface area (Å²) in [6, 6.07) is 3.28. The fourth-order valence-corrected chi connectivity index (χ4v) is 1.72. The third-order valence-electron chi connectivity index (χ3n) is 2.33. The van der Waals surface area contributed by atoms with E-state index in [4.69, 9.17) is 11.6 Å². The molecule has 15 heavy (non-hydrogen) atoms. The Hall–Kier alpha value is -1.09. The molecule has 0 saturated carbocycles. The average molecular weight is 228 g/mol. The standard InChI is InChI=1S/C11H14ClNO2/c1-4-13-9(7(2)3)6-5-8(10(12)14)11(13)15/h5-7H,4H2,1-3H3. The molecule has 3 nitrogen and oxygen atoms in total. The number of carbonyl (C=O) groups excluding carboxylic acids is 1. The summed E-state index contributed by atoms with van der Waals surface area (Å²) >= 11 is 5.32. The van der Waals surface area contributed by atoms with Gasteiger partial charge >= 0.3 is 0 Å². The fraction of sp³-hybridized carbons (Fsp3) is 0.455. The van der Waals surface area contributed by atoms with Gasteiger partial charge in [0.25, 0.3) is 10.8 Å². The zero-order chi connectivity index (χ0) is 11.6. The van der Waals surface area contributed by atoms with Crippen LogP contribution in [0.3, 0.4) is 0 Å². The van der Waals surface area contributed by atoms with Crippen molar-refractivity contribution in [2.24, 2.45) is 0 Å². The lowest BCUT2D eigenvalue weighted by molar-refractivity contribution is 0.107. The largest absolute Gasteiger partial charge is 0.312 e. The molecule has 1 rings (SSSR count). The molecule has 0 aliphatic carbocycles. The fourth-order valence-electron chi connectivity index (χ4n) is 1.57. The highest BCUT2D eigenvalue weighted by molar-refractivity contribution is 6.67. The molecule has 0 atom stereocenters. The lowest BCUT2D eigenvalue weighted by Crippen LogP contribution is -2.27. The molecular formula is C11H14ClNO2. The summed E-state index contributed by atoms with van der Waals surface area (Å²) in [4.78, 5) is 22.8. The van der Waals surface area contributed by atoms with Crippen molar-refractivity contribution >= 4 is 16.8 Å². The van der Waals surface area contributed by atoms with Gasteiger partial charge in [0.2, 0.25) is 0 Å². The van der Waals surface area contributed by atoms with Crippen LogP contribution in [0.15, 0.2) is 16.9 Å². The molecule has 1 heterocycles. The van der Waals surface area contributed by atoms with Crippen LogP contribution in [0.2, 0.25) is 0 Å². The van der Waals surface area contributed by atoms with Gasteiger partial charge in [-0.25, -0.2) is 0 Å². The molecule has 82 valence electrons. The first-order valence-corrected chi connectivity index (χ1v) is 5.30. The van der Waals surface area contributed by atoms with Crippen molar-refractivity contribution in [1.82, 2.24) is 4.57 Å². The molecule has 0 radical (unpaired) electrons. The first-order valence-electron chi connectivity index (χ1n) is 4.92. The first kappa shape index (κ1) is 12.0. The second-order valence-electron chi connectivity index (χ2n) is 3.65. The Bertz CT molecular complexity index is 435. The van der Waals surface area contributed by atoms with Crippen LogP contribution in [0, 0.1) is 0 Å². The summed E-state index contributed by atoms with van der Waals surface area (Å²) < 4.78 is 1.58. The molecule has 4 heteroatoms. The van der Waals surface area contributed by atoms with Gasteiger partial charge in [-0.3, -0.25) is 9.59 Å². The van der Waals surface area contributed by atoms with E-state index in [1.165, 1.54) is 6.07 Å². The maximum atomic E-state index is 11.8. The molecule has 0 bridgehead atoms. The van der Waals surface area contributed by atoms with E-state index in [1.54, 1.807) is 10.6 Å². The van der Waals surface area contributed by atoms with Gasteiger partial charge in [-0.2, -0.15) is 0 Å². The van der Waals surface area contributed by atoms with Crippen LogP contribution in [0.1, 0.15) is 42.7 Å². The lowest BCUT2D eigenvalue weighted by Gasteiger charge is -2.14. The summed E-state index contributed by atoms with van der Waals surface area (Å²) in [5.41, 5.74) is 0.663. The molecular weight excluding hydrogens is 214 g/mol. The normalized spacial score (nSPS) is 10.7. The van der Waals surface area contributed by atoms with E-state index in [1.807, 2.05) is 20.8 Å². The zero-order valence-corrected chi connectivity index (χ0v) is 9.84.